The highest BCUT2D eigenvalue weighted by atomic mass is 16.3. The molecule has 0 radical (unpaired) electrons. The number of carbonyl (C=O) groups excluding carboxylic acids is 1. The minimum absolute atomic E-state index is 0.162. The molecule has 0 fully saturated rings. The zero-order valence-corrected chi connectivity index (χ0v) is 18.3. The van der Waals surface area contributed by atoms with E-state index in [0.717, 1.165) is 51.7 Å². The molecule has 0 aliphatic carbocycles. The molecule has 6 nitrogen and oxygen atoms in total. The van der Waals surface area contributed by atoms with Crippen molar-refractivity contribution in [1.82, 2.24) is 9.91 Å². The van der Waals surface area contributed by atoms with Crippen LogP contribution < -0.4 is 11.6 Å². The van der Waals surface area contributed by atoms with Gasteiger partial charge in [-0.1, -0.05) is 58.3 Å². The van der Waals surface area contributed by atoms with Crippen LogP contribution in [-0.4, -0.2) is 54.1 Å². The van der Waals surface area contributed by atoms with Crippen molar-refractivity contribution in [3.63, 3.8) is 0 Å². The minimum Gasteiger partial charge on any atom is -0.399 e. The smallest absolute Gasteiger partial charge is 0.119 e. The molecule has 0 aromatic carbocycles. The molecule has 0 bridgehead atoms. The van der Waals surface area contributed by atoms with Gasteiger partial charge in [-0.3, -0.25) is 0 Å². The molecule has 0 aromatic rings. The summed E-state index contributed by atoms with van der Waals surface area (Å²) >= 11 is 0. The Bertz CT molecular complexity index is 378. The van der Waals surface area contributed by atoms with E-state index in [9.17, 15) is 4.79 Å². The molecule has 28 heavy (non-hydrogen) atoms. The number of aliphatic hydroxyl groups is 1. The molecule has 0 saturated carbocycles. The number of aliphatic hydroxyl groups excluding tert-OH is 1. The first kappa shape index (κ1) is 26.9. The highest BCUT2D eigenvalue weighted by Crippen LogP contribution is 2.09. The average Bonchev–Trinajstić information content (AvgIpc) is 2.69. The minimum atomic E-state index is -0.162. The monoisotopic (exact) mass is 398 g/mol. The van der Waals surface area contributed by atoms with E-state index in [1.54, 1.807) is 11.2 Å². The zero-order chi connectivity index (χ0) is 20.9. The quantitative estimate of drug-likeness (QED) is 0.118. The normalized spacial score (nSPS) is 11.9. The number of hydrogen-bond donors (Lipinski definition) is 3. The Morgan fingerprint density at radius 3 is 1.93 bits per heavy atom. The van der Waals surface area contributed by atoms with Gasteiger partial charge in [0.05, 0.1) is 12.3 Å². The Labute approximate surface area is 173 Å². The summed E-state index contributed by atoms with van der Waals surface area (Å²) in [5.41, 5.74) is 6.00. The number of nitrogens with zero attached hydrogens (tertiary/aromatic N) is 2. The lowest BCUT2D eigenvalue weighted by atomic mass is 10.1. The number of aldehydes is 1. The first-order chi connectivity index (χ1) is 13.6. The van der Waals surface area contributed by atoms with Gasteiger partial charge in [-0.25, -0.2) is 5.84 Å². The fourth-order valence-electron chi connectivity index (χ4n) is 3.34. The molecule has 0 unspecified atom stereocenters. The van der Waals surface area contributed by atoms with E-state index in [-0.39, 0.29) is 6.61 Å². The molecule has 0 aliphatic heterocycles. The molecule has 0 aromatic heterocycles. The van der Waals surface area contributed by atoms with Crippen molar-refractivity contribution < 1.29 is 9.90 Å². The third-order valence-electron chi connectivity index (χ3n) is 5.03. The molecule has 0 rings (SSSR count). The van der Waals surface area contributed by atoms with Crippen molar-refractivity contribution in [2.45, 2.75) is 90.4 Å². The predicted octanol–water partition coefficient (Wildman–Crippen LogP) is 3.55. The number of unbranched alkanes of at least 4 members (excludes halogenated alkanes) is 10. The fraction of sp³-hybridized carbons (Fsp3) is 0.864. The molecule has 166 valence electrons. The summed E-state index contributed by atoms with van der Waals surface area (Å²) in [6, 6.07) is 0. The first-order valence-electron chi connectivity index (χ1n) is 11.4. The number of nitrogens with two attached hydrogens (primary N) is 2. The van der Waals surface area contributed by atoms with Gasteiger partial charge in [0.1, 0.15) is 6.29 Å². The highest BCUT2D eigenvalue weighted by molar-refractivity contribution is 5.48. The summed E-state index contributed by atoms with van der Waals surface area (Å²) < 4.78 is 0. The van der Waals surface area contributed by atoms with E-state index >= 15 is 0 Å². The van der Waals surface area contributed by atoms with Gasteiger partial charge < -0.3 is 25.5 Å². The predicted molar refractivity (Wildman–Crippen MR) is 118 cm³/mol. The molecule has 0 saturated heterocycles. The Morgan fingerprint density at radius 2 is 1.36 bits per heavy atom. The van der Waals surface area contributed by atoms with E-state index in [2.05, 4.69) is 11.8 Å². The van der Waals surface area contributed by atoms with Gasteiger partial charge in [0.15, 0.2) is 0 Å². The van der Waals surface area contributed by atoms with Crippen molar-refractivity contribution >= 4 is 6.29 Å². The Hall–Kier alpha value is -1.11. The Kier molecular flexibility index (Phi) is 19.8. The number of rotatable bonds is 21. The summed E-state index contributed by atoms with van der Waals surface area (Å²) in [5, 5.41) is 10.5. The lowest BCUT2D eigenvalue weighted by Gasteiger charge is -2.24. The van der Waals surface area contributed by atoms with Crippen LogP contribution in [0.1, 0.15) is 90.4 Å². The summed E-state index contributed by atoms with van der Waals surface area (Å²) in [7, 11) is 0. The van der Waals surface area contributed by atoms with E-state index < -0.39 is 0 Å². The second-order valence-electron chi connectivity index (χ2n) is 7.79. The molecular formula is C22H46N4O2. The van der Waals surface area contributed by atoms with Crippen LogP contribution in [-0.2, 0) is 4.79 Å². The number of carbonyl (C=O) groups is 1. The Morgan fingerprint density at radius 1 is 0.821 bits per heavy atom. The zero-order valence-electron chi connectivity index (χ0n) is 18.3. The lowest BCUT2D eigenvalue weighted by molar-refractivity contribution is -0.107. The van der Waals surface area contributed by atoms with Crippen LogP contribution in [0.25, 0.3) is 0 Å². The second kappa shape index (κ2) is 20.6. The molecular weight excluding hydrogens is 352 g/mol. The van der Waals surface area contributed by atoms with Crippen LogP contribution in [0.5, 0.6) is 0 Å². The third-order valence-corrected chi connectivity index (χ3v) is 5.03. The summed E-state index contributed by atoms with van der Waals surface area (Å²) in [5.74, 6) is 5.91. The van der Waals surface area contributed by atoms with E-state index in [1.165, 1.54) is 57.8 Å². The SMILES string of the molecule is CCCCCCCCN(CCCCCCCC=O)CCCN(N)/C=C(\N)CO. The van der Waals surface area contributed by atoms with E-state index in [0.29, 0.717) is 12.1 Å². The Balaban J connectivity index is 4.07. The van der Waals surface area contributed by atoms with Gasteiger partial charge in [-0.15, -0.1) is 0 Å². The van der Waals surface area contributed by atoms with Crippen molar-refractivity contribution in [2.24, 2.45) is 11.6 Å². The average molecular weight is 399 g/mol. The van der Waals surface area contributed by atoms with Gasteiger partial charge >= 0.3 is 0 Å². The maximum Gasteiger partial charge on any atom is 0.119 e. The molecule has 0 aliphatic rings. The van der Waals surface area contributed by atoms with Crippen LogP contribution in [0.2, 0.25) is 0 Å². The van der Waals surface area contributed by atoms with Crippen molar-refractivity contribution in [3.8, 4) is 0 Å². The van der Waals surface area contributed by atoms with Crippen LogP contribution in [0, 0.1) is 0 Å². The van der Waals surface area contributed by atoms with Gasteiger partial charge in [0.2, 0.25) is 0 Å². The van der Waals surface area contributed by atoms with Crippen LogP contribution in [0.3, 0.4) is 0 Å². The van der Waals surface area contributed by atoms with Crippen LogP contribution in [0.4, 0.5) is 0 Å². The largest absolute Gasteiger partial charge is 0.399 e. The third kappa shape index (κ3) is 18.3. The molecule has 5 N–H and O–H groups in total. The van der Waals surface area contributed by atoms with Crippen LogP contribution >= 0.6 is 0 Å². The first-order valence-corrected chi connectivity index (χ1v) is 11.4. The molecule has 0 spiro atoms. The van der Waals surface area contributed by atoms with Crippen molar-refractivity contribution in [1.29, 1.82) is 0 Å². The van der Waals surface area contributed by atoms with Gasteiger partial charge in [0.25, 0.3) is 0 Å². The summed E-state index contributed by atoms with van der Waals surface area (Å²) in [4.78, 5) is 12.9. The molecule has 6 heteroatoms. The lowest BCUT2D eigenvalue weighted by Crippen LogP contribution is -2.33. The van der Waals surface area contributed by atoms with Crippen molar-refractivity contribution in [3.05, 3.63) is 11.9 Å². The fourth-order valence-corrected chi connectivity index (χ4v) is 3.34. The second-order valence-corrected chi connectivity index (χ2v) is 7.79. The number of hydrogen-bond acceptors (Lipinski definition) is 6. The molecule has 0 heterocycles. The number of hydrazine groups is 1. The molecule has 0 amide bonds. The topological polar surface area (TPSA) is 95.8 Å². The van der Waals surface area contributed by atoms with E-state index in [1.807, 2.05) is 0 Å². The standard InChI is InChI=1S/C22H46N4O2/c1-2-3-4-5-8-11-15-25(16-12-9-6-7-10-13-19-27)17-14-18-26(24)20-22(23)21-28/h19-20,28H,2-18,21,23-24H2,1H3/b22-20-. The summed E-state index contributed by atoms with van der Waals surface area (Å²) in [6.45, 7) is 6.17. The highest BCUT2D eigenvalue weighted by Gasteiger charge is 2.06. The van der Waals surface area contributed by atoms with Crippen molar-refractivity contribution in [2.75, 3.05) is 32.8 Å². The van der Waals surface area contributed by atoms with E-state index in [4.69, 9.17) is 16.7 Å². The van der Waals surface area contributed by atoms with Gasteiger partial charge in [0, 0.05) is 19.2 Å². The van der Waals surface area contributed by atoms with Crippen LogP contribution in [0.15, 0.2) is 11.9 Å². The van der Waals surface area contributed by atoms with Gasteiger partial charge in [-0.05, 0) is 45.3 Å². The van der Waals surface area contributed by atoms with Gasteiger partial charge in [-0.2, -0.15) is 0 Å². The maximum atomic E-state index is 10.3. The maximum absolute atomic E-state index is 10.3. The summed E-state index contributed by atoms with van der Waals surface area (Å²) in [6.07, 6.45) is 18.1. The molecule has 0 atom stereocenters.